The molecule has 0 saturated carbocycles. The quantitative estimate of drug-likeness (QED) is 0.172. The van der Waals surface area contributed by atoms with Crippen LogP contribution in [0.2, 0.25) is 0 Å². The largest absolute Gasteiger partial charge is 0.503 e. The van der Waals surface area contributed by atoms with Gasteiger partial charge < -0.3 is 10.2 Å². The highest BCUT2D eigenvalue weighted by molar-refractivity contribution is 5.53. The van der Waals surface area contributed by atoms with Gasteiger partial charge in [0.15, 0.2) is 0 Å². The van der Waals surface area contributed by atoms with Gasteiger partial charge in [-0.05, 0) is 19.8 Å². The Bertz CT molecular complexity index is 296. The Morgan fingerprint density at radius 2 is 0.852 bits per heavy atom. The number of hydrogen-bond acceptors (Lipinski definition) is 1. The summed E-state index contributed by atoms with van der Waals surface area (Å²) < 4.78 is 0. The molecule has 3 heteroatoms. The van der Waals surface area contributed by atoms with Crippen molar-refractivity contribution in [1.29, 1.82) is 0 Å². The van der Waals surface area contributed by atoms with Crippen LogP contribution in [0, 0.1) is 0 Å². The zero-order chi connectivity index (χ0) is 20.4. The smallest absolute Gasteiger partial charge is 0.450 e. The zero-order valence-corrected chi connectivity index (χ0v) is 18.4. The van der Waals surface area contributed by atoms with Crippen molar-refractivity contribution in [3.8, 4) is 0 Å². The van der Waals surface area contributed by atoms with E-state index in [2.05, 4.69) is 26.0 Å². The van der Waals surface area contributed by atoms with Gasteiger partial charge in [0.25, 0.3) is 0 Å². The van der Waals surface area contributed by atoms with Crippen molar-refractivity contribution in [2.75, 3.05) is 0 Å². The Morgan fingerprint density at radius 3 is 1.11 bits per heavy atom. The monoisotopic (exact) mass is 384 g/mol. The third-order valence-corrected chi connectivity index (χ3v) is 4.96. The molecule has 162 valence electrons. The van der Waals surface area contributed by atoms with Crippen LogP contribution in [0.3, 0.4) is 0 Å². The van der Waals surface area contributed by atoms with Crippen LogP contribution in [0.4, 0.5) is 4.79 Å². The van der Waals surface area contributed by atoms with Gasteiger partial charge >= 0.3 is 6.16 Å². The molecule has 0 aromatic rings. The van der Waals surface area contributed by atoms with E-state index in [9.17, 15) is 0 Å². The number of carboxylic acid groups (broad SMARTS) is 2. The molecule has 0 aliphatic carbocycles. The first kappa shape index (κ1) is 28.2. The molecule has 3 nitrogen and oxygen atoms in total. The highest BCUT2D eigenvalue weighted by Gasteiger charge is 1.94. The van der Waals surface area contributed by atoms with Crippen LogP contribution in [0.1, 0.15) is 136 Å². The molecule has 0 fully saturated rings. The minimum absolute atomic E-state index is 1.29. The van der Waals surface area contributed by atoms with Gasteiger partial charge in [-0.3, -0.25) is 0 Å². The molecule has 0 amide bonds. The fraction of sp³-hybridized carbons (Fsp3) is 0.875. The van der Waals surface area contributed by atoms with E-state index in [0.717, 1.165) is 0 Å². The lowest BCUT2D eigenvalue weighted by atomic mass is 10.0. The first-order valence-corrected chi connectivity index (χ1v) is 11.7. The molecule has 0 aromatic heterocycles. The van der Waals surface area contributed by atoms with E-state index in [1.807, 2.05) is 0 Å². The molecular weight excluding hydrogens is 336 g/mol. The SMILES string of the molecule is CC=CCCCCCCCCCCCCCCCCCCCC.O=C(O)O. The van der Waals surface area contributed by atoms with Crippen molar-refractivity contribution in [1.82, 2.24) is 0 Å². The Balaban J connectivity index is 0. The predicted octanol–water partition coefficient (Wildman–Crippen LogP) is 9.22. The molecule has 0 radical (unpaired) electrons. The summed E-state index contributed by atoms with van der Waals surface area (Å²) in [5.74, 6) is 0. The molecule has 0 aliphatic rings. The maximum absolute atomic E-state index is 8.56. The van der Waals surface area contributed by atoms with Crippen molar-refractivity contribution in [3.63, 3.8) is 0 Å². The summed E-state index contributed by atoms with van der Waals surface area (Å²) in [7, 11) is 0. The summed E-state index contributed by atoms with van der Waals surface area (Å²) in [6.07, 6.45) is 30.2. The highest BCUT2D eigenvalue weighted by atomic mass is 16.6. The van der Waals surface area contributed by atoms with Gasteiger partial charge in [-0.2, -0.15) is 0 Å². The average molecular weight is 385 g/mol. The maximum atomic E-state index is 8.56. The summed E-state index contributed by atoms with van der Waals surface area (Å²) >= 11 is 0. The summed E-state index contributed by atoms with van der Waals surface area (Å²) in [5, 5.41) is 13.9. The second-order valence-corrected chi connectivity index (χ2v) is 7.65. The number of carbonyl (C=O) groups is 1. The van der Waals surface area contributed by atoms with Gasteiger partial charge in [0.05, 0.1) is 0 Å². The summed E-state index contributed by atoms with van der Waals surface area (Å²) in [4.78, 5) is 8.56. The summed E-state index contributed by atoms with van der Waals surface area (Å²) in [6.45, 7) is 4.42. The molecule has 27 heavy (non-hydrogen) atoms. The Labute approximate surface area is 169 Å². The van der Waals surface area contributed by atoms with Crippen molar-refractivity contribution in [3.05, 3.63) is 12.2 Å². The van der Waals surface area contributed by atoms with Crippen LogP contribution in [-0.2, 0) is 0 Å². The van der Waals surface area contributed by atoms with E-state index in [4.69, 9.17) is 15.0 Å². The number of rotatable bonds is 19. The van der Waals surface area contributed by atoms with Crippen LogP contribution in [-0.4, -0.2) is 16.4 Å². The van der Waals surface area contributed by atoms with Crippen molar-refractivity contribution >= 4 is 6.16 Å². The lowest BCUT2D eigenvalue weighted by Gasteiger charge is -2.03. The first-order valence-electron chi connectivity index (χ1n) is 11.7. The van der Waals surface area contributed by atoms with Crippen LogP contribution in [0.25, 0.3) is 0 Å². The van der Waals surface area contributed by atoms with Crippen molar-refractivity contribution in [2.24, 2.45) is 0 Å². The minimum Gasteiger partial charge on any atom is -0.450 e. The molecule has 0 saturated heterocycles. The lowest BCUT2D eigenvalue weighted by molar-refractivity contribution is 0.137. The van der Waals surface area contributed by atoms with Gasteiger partial charge in [0, 0.05) is 0 Å². The second-order valence-electron chi connectivity index (χ2n) is 7.65. The van der Waals surface area contributed by atoms with E-state index < -0.39 is 6.16 Å². The molecule has 0 aliphatic heterocycles. The van der Waals surface area contributed by atoms with Gasteiger partial charge in [-0.25, -0.2) is 4.79 Å². The number of allylic oxidation sites excluding steroid dienone is 2. The molecule has 0 heterocycles. The highest BCUT2D eigenvalue weighted by Crippen LogP contribution is 2.14. The third-order valence-electron chi connectivity index (χ3n) is 4.96. The fourth-order valence-corrected chi connectivity index (χ4v) is 3.33. The maximum Gasteiger partial charge on any atom is 0.503 e. The Kier molecular flexibility index (Phi) is 28.5. The number of hydrogen-bond donors (Lipinski definition) is 2. The number of unbranched alkanes of at least 4 members (excludes halogenated alkanes) is 18. The fourth-order valence-electron chi connectivity index (χ4n) is 3.33. The molecule has 0 bridgehead atoms. The third kappa shape index (κ3) is 36.6. The predicted molar refractivity (Wildman–Crippen MR) is 119 cm³/mol. The normalized spacial score (nSPS) is 10.7. The van der Waals surface area contributed by atoms with E-state index >= 15 is 0 Å². The zero-order valence-electron chi connectivity index (χ0n) is 18.4. The lowest BCUT2D eigenvalue weighted by Crippen LogP contribution is -1.84. The summed E-state index contributed by atoms with van der Waals surface area (Å²) in [5.41, 5.74) is 0. The minimum atomic E-state index is -1.83. The van der Waals surface area contributed by atoms with Crippen molar-refractivity contribution < 1.29 is 15.0 Å². The van der Waals surface area contributed by atoms with Gasteiger partial charge in [-0.1, -0.05) is 128 Å². The molecule has 0 spiro atoms. The van der Waals surface area contributed by atoms with E-state index in [-0.39, 0.29) is 0 Å². The summed E-state index contributed by atoms with van der Waals surface area (Å²) in [6, 6.07) is 0. The van der Waals surface area contributed by atoms with E-state index in [1.165, 1.54) is 122 Å². The van der Waals surface area contributed by atoms with Crippen LogP contribution in [0.5, 0.6) is 0 Å². The van der Waals surface area contributed by atoms with Crippen LogP contribution >= 0.6 is 0 Å². The second kappa shape index (κ2) is 27.2. The molecule has 0 aromatic carbocycles. The average Bonchev–Trinajstić information content (AvgIpc) is 2.63. The van der Waals surface area contributed by atoms with Gasteiger partial charge in [-0.15, -0.1) is 0 Å². The van der Waals surface area contributed by atoms with Gasteiger partial charge in [0.2, 0.25) is 0 Å². The molecule has 2 N–H and O–H groups in total. The molecule has 0 rings (SSSR count). The Hall–Kier alpha value is -0.990. The first-order chi connectivity index (χ1) is 13.1. The Morgan fingerprint density at radius 1 is 0.593 bits per heavy atom. The standard InChI is InChI=1S/C23H46.CH2O3/c1-3-5-7-9-11-13-15-17-19-21-23-22-20-18-16-14-12-10-8-6-4-2;2-1(3)4/h3,5H,4,6-23H2,1-2H3;(H2,2,3,4). The van der Waals surface area contributed by atoms with E-state index in [1.54, 1.807) is 0 Å². The molecule has 0 unspecified atom stereocenters. The van der Waals surface area contributed by atoms with Crippen LogP contribution in [0.15, 0.2) is 12.2 Å². The van der Waals surface area contributed by atoms with Crippen LogP contribution < -0.4 is 0 Å². The molecular formula is C24H48O3. The van der Waals surface area contributed by atoms with Crippen molar-refractivity contribution in [2.45, 2.75) is 136 Å². The molecule has 0 atom stereocenters. The van der Waals surface area contributed by atoms with E-state index in [0.29, 0.717) is 0 Å². The topological polar surface area (TPSA) is 57.5 Å². The van der Waals surface area contributed by atoms with Gasteiger partial charge in [0.1, 0.15) is 0 Å².